The topological polar surface area (TPSA) is 92.7 Å². The highest BCUT2D eigenvalue weighted by Gasteiger charge is 2.32. The van der Waals surface area contributed by atoms with Gasteiger partial charge in [0, 0.05) is 12.6 Å². The van der Waals surface area contributed by atoms with Crippen LogP contribution in [0.3, 0.4) is 0 Å². The molecule has 0 fully saturated rings. The normalized spacial score (nSPS) is 14.6. The van der Waals surface area contributed by atoms with E-state index in [0.717, 1.165) is 0 Å². The molecular formula is C13H19NO5S. The summed E-state index contributed by atoms with van der Waals surface area (Å²) in [7, 11) is -2.32. The number of benzene rings is 1. The molecule has 2 N–H and O–H groups in total. The van der Waals surface area contributed by atoms with E-state index in [1.165, 1.54) is 26.2 Å². The van der Waals surface area contributed by atoms with Crippen LogP contribution in [0.25, 0.3) is 0 Å². The van der Waals surface area contributed by atoms with Crippen molar-refractivity contribution < 1.29 is 23.1 Å². The van der Waals surface area contributed by atoms with Crippen LogP contribution in [-0.2, 0) is 14.8 Å². The van der Waals surface area contributed by atoms with Crippen LogP contribution in [0, 0.1) is 5.41 Å². The fourth-order valence-electron chi connectivity index (χ4n) is 1.46. The number of ether oxygens (including phenoxy) is 1. The summed E-state index contributed by atoms with van der Waals surface area (Å²) < 4.78 is 31.6. The number of rotatable bonds is 7. The third kappa shape index (κ3) is 3.71. The zero-order valence-electron chi connectivity index (χ0n) is 11.7. The Hall–Kier alpha value is -1.60. The van der Waals surface area contributed by atoms with Gasteiger partial charge in [-0.15, -0.1) is 0 Å². The summed E-state index contributed by atoms with van der Waals surface area (Å²) in [6.07, 6.45) is 0.322. The third-order valence-corrected chi connectivity index (χ3v) is 4.70. The molecule has 6 nitrogen and oxygen atoms in total. The van der Waals surface area contributed by atoms with Crippen LogP contribution in [0.2, 0.25) is 0 Å². The van der Waals surface area contributed by atoms with Crippen LogP contribution in [0.15, 0.2) is 29.2 Å². The summed E-state index contributed by atoms with van der Waals surface area (Å²) in [5.41, 5.74) is -1.13. The fourth-order valence-corrected chi connectivity index (χ4v) is 2.66. The first-order valence-corrected chi connectivity index (χ1v) is 7.60. The van der Waals surface area contributed by atoms with Crippen molar-refractivity contribution in [3.8, 4) is 5.75 Å². The van der Waals surface area contributed by atoms with Crippen LogP contribution in [0.4, 0.5) is 0 Å². The highest BCUT2D eigenvalue weighted by molar-refractivity contribution is 7.89. The van der Waals surface area contributed by atoms with E-state index in [9.17, 15) is 13.2 Å². The molecule has 0 spiro atoms. The number of carbonyl (C=O) groups is 1. The van der Waals surface area contributed by atoms with Gasteiger partial charge < -0.3 is 9.84 Å². The number of aliphatic carboxylic acids is 1. The SMILES string of the molecule is CCC(C)(CNS(=O)(=O)c1cccc(OC)c1)C(=O)O. The number of carboxylic acid groups (broad SMARTS) is 1. The Bertz CT molecular complexity index is 584. The first kappa shape index (κ1) is 16.5. The molecule has 0 aliphatic heterocycles. The molecule has 0 aliphatic rings. The molecule has 1 unspecified atom stereocenters. The first-order valence-electron chi connectivity index (χ1n) is 6.12. The minimum atomic E-state index is -3.76. The van der Waals surface area contributed by atoms with Crippen LogP contribution in [0.1, 0.15) is 20.3 Å². The number of nitrogens with one attached hydrogen (secondary N) is 1. The highest BCUT2D eigenvalue weighted by Crippen LogP contribution is 2.22. The van der Waals surface area contributed by atoms with Crippen molar-refractivity contribution >= 4 is 16.0 Å². The second-order valence-corrected chi connectivity index (χ2v) is 6.49. The predicted octanol–water partition coefficient (Wildman–Crippen LogP) is 1.47. The van der Waals surface area contributed by atoms with E-state index >= 15 is 0 Å². The van der Waals surface area contributed by atoms with E-state index in [2.05, 4.69) is 4.72 Å². The molecule has 1 aromatic rings. The molecule has 0 radical (unpaired) electrons. The maximum Gasteiger partial charge on any atom is 0.310 e. The van der Waals surface area contributed by atoms with Gasteiger partial charge in [0.25, 0.3) is 0 Å². The number of carboxylic acids is 1. The van der Waals surface area contributed by atoms with Crippen molar-refractivity contribution in [1.82, 2.24) is 4.72 Å². The van der Waals surface area contributed by atoms with E-state index in [-0.39, 0.29) is 11.4 Å². The van der Waals surface area contributed by atoms with Crippen molar-refractivity contribution in [2.75, 3.05) is 13.7 Å². The number of hydrogen-bond donors (Lipinski definition) is 2. The summed E-state index contributed by atoms with van der Waals surface area (Å²) in [6.45, 7) is 3.04. The van der Waals surface area contributed by atoms with Gasteiger partial charge in [-0.3, -0.25) is 4.79 Å². The van der Waals surface area contributed by atoms with E-state index in [1.807, 2.05) is 0 Å². The molecule has 0 aromatic heterocycles. The van der Waals surface area contributed by atoms with Crippen LogP contribution in [0.5, 0.6) is 5.75 Å². The summed E-state index contributed by atoms with van der Waals surface area (Å²) in [5.74, 6) is -0.613. The summed E-state index contributed by atoms with van der Waals surface area (Å²) in [6, 6.07) is 6.00. The molecule has 20 heavy (non-hydrogen) atoms. The van der Waals surface area contributed by atoms with E-state index < -0.39 is 21.4 Å². The quantitative estimate of drug-likeness (QED) is 0.795. The van der Waals surface area contributed by atoms with E-state index in [4.69, 9.17) is 9.84 Å². The van der Waals surface area contributed by atoms with Gasteiger partial charge in [0.1, 0.15) is 5.75 Å². The fraction of sp³-hybridized carbons (Fsp3) is 0.462. The lowest BCUT2D eigenvalue weighted by atomic mass is 9.88. The molecular weight excluding hydrogens is 282 g/mol. The van der Waals surface area contributed by atoms with Gasteiger partial charge in [0.15, 0.2) is 0 Å². The number of hydrogen-bond acceptors (Lipinski definition) is 4. The van der Waals surface area contributed by atoms with E-state index in [0.29, 0.717) is 12.2 Å². The molecule has 0 aliphatic carbocycles. The van der Waals surface area contributed by atoms with Gasteiger partial charge in [-0.05, 0) is 25.5 Å². The molecule has 7 heteroatoms. The monoisotopic (exact) mass is 301 g/mol. The molecule has 1 rings (SSSR count). The molecule has 0 heterocycles. The summed E-state index contributed by atoms with van der Waals surface area (Å²) in [4.78, 5) is 11.2. The average Bonchev–Trinajstić information content (AvgIpc) is 2.44. The number of methoxy groups -OCH3 is 1. The molecule has 0 amide bonds. The summed E-state index contributed by atoms with van der Waals surface area (Å²) >= 11 is 0. The maximum atomic E-state index is 12.1. The Kier molecular flexibility index (Phi) is 5.13. The smallest absolute Gasteiger partial charge is 0.310 e. The minimum absolute atomic E-state index is 0.0423. The lowest BCUT2D eigenvalue weighted by molar-refractivity contribution is -0.147. The Balaban J connectivity index is 2.93. The second kappa shape index (κ2) is 6.23. The lowest BCUT2D eigenvalue weighted by Gasteiger charge is -2.23. The zero-order valence-corrected chi connectivity index (χ0v) is 12.5. The lowest BCUT2D eigenvalue weighted by Crippen LogP contribution is -2.40. The average molecular weight is 301 g/mol. The first-order chi connectivity index (χ1) is 9.25. The Morgan fingerprint density at radius 3 is 2.60 bits per heavy atom. The van der Waals surface area contributed by atoms with Gasteiger partial charge in [-0.25, -0.2) is 13.1 Å². The second-order valence-electron chi connectivity index (χ2n) is 4.72. The van der Waals surface area contributed by atoms with Gasteiger partial charge in [0.2, 0.25) is 10.0 Å². The van der Waals surface area contributed by atoms with Crippen molar-refractivity contribution in [1.29, 1.82) is 0 Å². The highest BCUT2D eigenvalue weighted by atomic mass is 32.2. The van der Waals surface area contributed by atoms with E-state index in [1.54, 1.807) is 19.1 Å². The zero-order chi connectivity index (χ0) is 15.4. The van der Waals surface area contributed by atoms with Gasteiger partial charge in [0.05, 0.1) is 17.4 Å². The van der Waals surface area contributed by atoms with Crippen molar-refractivity contribution in [2.24, 2.45) is 5.41 Å². The van der Waals surface area contributed by atoms with Gasteiger partial charge in [-0.2, -0.15) is 0 Å². The standard InChI is InChI=1S/C13H19NO5S/c1-4-13(2,12(15)16)9-14-20(17,18)11-7-5-6-10(8-11)19-3/h5-8,14H,4,9H2,1-3H3,(H,15,16). The Labute approximate surface area is 118 Å². The predicted molar refractivity (Wildman–Crippen MR) is 74.2 cm³/mol. The molecule has 0 saturated carbocycles. The van der Waals surface area contributed by atoms with Gasteiger partial charge >= 0.3 is 5.97 Å². The van der Waals surface area contributed by atoms with Crippen molar-refractivity contribution in [3.05, 3.63) is 24.3 Å². The van der Waals surface area contributed by atoms with Crippen LogP contribution in [-0.4, -0.2) is 33.1 Å². The Morgan fingerprint density at radius 2 is 2.10 bits per heavy atom. The van der Waals surface area contributed by atoms with Crippen LogP contribution >= 0.6 is 0 Å². The third-order valence-electron chi connectivity index (χ3n) is 3.30. The van der Waals surface area contributed by atoms with Gasteiger partial charge in [-0.1, -0.05) is 13.0 Å². The van der Waals surface area contributed by atoms with Crippen molar-refractivity contribution in [2.45, 2.75) is 25.2 Å². The molecule has 1 aromatic carbocycles. The number of sulfonamides is 1. The summed E-state index contributed by atoms with van der Waals surface area (Å²) in [5, 5.41) is 9.13. The Morgan fingerprint density at radius 1 is 1.45 bits per heavy atom. The molecule has 0 saturated heterocycles. The van der Waals surface area contributed by atoms with Crippen molar-refractivity contribution in [3.63, 3.8) is 0 Å². The molecule has 0 bridgehead atoms. The minimum Gasteiger partial charge on any atom is -0.497 e. The molecule has 112 valence electrons. The van der Waals surface area contributed by atoms with Crippen LogP contribution < -0.4 is 9.46 Å². The molecule has 1 atom stereocenters. The largest absolute Gasteiger partial charge is 0.497 e. The maximum absolute atomic E-state index is 12.1.